The average Bonchev–Trinajstić information content (AvgIpc) is 2.50. The minimum atomic E-state index is -0.390. The van der Waals surface area contributed by atoms with Gasteiger partial charge in [-0.25, -0.2) is 0 Å². The van der Waals surface area contributed by atoms with Crippen LogP contribution in [0.4, 0.5) is 0 Å². The van der Waals surface area contributed by atoms with E-state index < -0.39 is 0 Å². The molecular formula is C14H26N2O3. The van der Waals surface area contributed by atoms with Crippen LogP contribution in [0, 0.1) is 5.92 Å². The summed E-state index contributed by atoms with van der Waals surface area (Å²) >= 11 is 0. The molecule has 2 amide bonds. The standard InChI is InChI=1S/C14H26N2O3/c1-5-11(4)13-14(18)16(7-6-12(17)15-13)8-9-19-10(2)3/h10-11,13H,5-9H2,1-4H3,(H,15,17). The summed E-state index contributed by atoms with van der Waals surface area (Å²) in [6.45, 7) is 9.52. The maximum atomic E-state index is 12.4. The van der Waals surface area contributed by atoms with E-state index in [1.807, 2.05) is 27.7 Å². The fourth-order valence-electron chi connectivity index (χ4n) is 2.09. The van der Waals surface area contributed by atoms with Crippen molar-refractivity contribution in [2.24, 2.45) is 5.92 Å². The van der Waals surface area contributed by atoms with E-state index in [0.717, 1.165) is 6.42 Å². The van der Waals surface area contributed by atoms with Gasteiger partial charge in [0, 0.05) is 19.5 Å². The Morgan fingerprint density at radius 1 is 1.37 bits per heavy atom. The molecule has 2 atom stereocenters. The van der Waals surface area contributed by atoms with Gasteiger partial charge in [-0.2, -0.15) is 0 Å². The molecule has 1 heterocycles. The molecule has 5 heteroatoms. The molecule has 2 unspecified atom stereocenters. The van der Waals surface area contributed by atoms with Gasteiger partial charge in [0.2, 0.25) is 11.8 Å². The van der Waals surface area contributed by atoms with Crippen molar-refractivity contribution in [3.63, 3.8) is 0 Å². The van der Waals surface area contributed by atoms with E-state index in [0.29, 0.717) is 26.1 Å². The number of hydrogen-bond donors (Lipinski definition) is 1. The molecule has 5 nitrogen and oxygen atoms in total. The minimum Gasteiger partial charge on any atom is -0.377 e. The summed E-state index contributed by atoms with van der Waals surface area (Å²) in [6, 6.07) is -0.390. The molecule has 0 aromatic carbocycles. The van der Waals surface area contributed by atoms with Crippen LogP contribution in [0.5, 0.6) is 0 Å². The average molecular weight is 270 g/mol. The van der Waals surface area contributed by atoms with E-state index in [1.165, 1.54) is 0 Å². The highest BCUT2D eigenvalue weighted by molar-refractivity contribution is 5.90. The molecular weight excluding hydrogens is 244 g/mol. The van der Waals surface area contributed by atoms with Crippen molar-refractivity contribution in [1.29, 1.82) is 0 Å². The molecule has 1 aliphatic rings. The number of hydrogen-bond acceptors (Lipinski definition) is 3. The van der Waals surface area contributed by atoms with Crippen LogP contribution >= 0.6 is 0 Å². The molecule has 1 N–H and O–H groups in total. The first-order chi connectivity index (χ1) is 8.95. The highest BCUT2D eigenvalue weighted by Gasteiger charge is 2.32. The Bertz CT molecular complexity index is 318. The summed E-state index contributed by atoms with van der Waals surface area (Å²) in [5.41, 5.74) is 0. The van der Waals surface area contributed by atoms with Gasteiger partial charge in [0.1, 0.15) is 6.04 Å². The predicted octanol–water partition coefficient (Wildman–Crippen LogP) is 1.17. The molecule has 0 bridgehead atoms. The topological polar surface area (TPSA) is 58.6 Å². The first kappa shape index (κ1) is 16.0. The van der Waals surface area contributed by atoms with E-state index in [4.69, 9.17) is 4.74 Å². The van der Waals surface area contributed by atoms with Gasteiger partial charge < -0.3 is 15.0 Å². The van der Waals surface area contributed by atoms with Crippen molar-refractivity contribution in [3.8, 4) is 0 Å². The van der Waals surface area contributed by atoms with Crippen molar-refractivity contribution in [2.45, 2.75) is 52.7 Å². The van der Waals surface area contributed by atoms with E-state index in [9.17, 15) is 9.59 Å². The smallest absolute Gasteiger partial charge is 0.245 e. The van der Waals surface area contributed by atoms with Gasteiger partial charge in [-0.1, -0.05) is 20.3 Å². The predicted molar refractivity (Wildman–Crippen MR) is 73.7 cm³/mol. The van der Waals surface area contributed by atoms with Crippen LogP contribution in [-0.2, 0) is 14.3 Å². The Balaban J connectivity index is 2.64. The molecule has 1 aliphatic heterocycles. The first-order valence-electron chi connectivity index (χ1n) is 7.15. The maximum Gasteiger partial charge on any atom is 0.245 e. The second kappa shape index (κ2) is 7.48. The highest BCUT2D eigenvalue weighted by atomic mass is 16.5. The number of amides is 2. The summed E-state index contributed by atoms with van der Waals surface area (Å²) in [4.78, 5) is 25.8. The number of carbonyl (C=O) groups is 2. The van der Waals surface area contributed by atoms with Gasteiger partial charge in [-0.3, -0.25) is 9.59 Å². The number of nitrogens with zero attached hydrogens (tertiary/aromatic N) is 1. The summed E-state index contributed by atoms with van der Waals surface area (Å²) in [5, 5.41) is 2.84. The van der Waals surface area contributed by atoms with Crippen LogP contribution in [0.15, 0.2) is 0 Å². The molecule has 0 radical (unpaired) electrons. The molecule has 0 aromatic rings. The molecule has 0 aliphatic carbocycles. The molecule has 0 saturated carbocycles. The fourth-order valence-corrected chi connectivity index (χ4v) is 2.09. The lowest BCUT2D eigenvalue weighted by Gasteiger charge is -2.27. The number of carbonyl (C=O) groups excluding carboxylic acids is 2. The van der Waals surface area contributed by atoms with Gasteiger partial charge in [0.05, 0.1) is 12.7 Å². The van der Waals surface area contributed by atoms with Crippen molar-refractivity contribution in [1.82, 2.24) is 10.2 Å². The third-order valence-electron chi connectivity index (χ3n) is 3.53. The molecule has 0 aromatic heterocycles. The van der Waals surface area contributed by atoms with E-state index in [1.54, 1.807) is 4.90 Å². The Hall–Kier alpha value is -1.10. The van der Waals surface area contributed by atoms with Crippen molar-refractivity contribution in [3.05, 3.63) is 0 Å². The third-order valence-corrected chi connectivity index (χ3v) is 3.53. The second-order valence-corrected chi connectivity index (χ2v) is 5.43. The van der Waals surface area contributed by atoms with Crippen LogP contribution in [0.1, 0.15) is 40.5 Å². The molecule has 110 valence electrons. The van der Waals surface area contributed by atoms with Crippen LogP contribution in [-0.4, -0.2) is 48.6 Å². The van der Waals surface area contributed by atoms with E-state index in [2.05, 4.69) is 5.32 Å². The van der Waals surface area contributed by atoms with Crippen molar-refractivity contribution in [2.75, 3.05) is 19.7 Å². The number of rotatable bonds is 6. The van der Waals surface area contributed by atoms with Crippen LogP contribution in [0.3, 0.4) is 0 Å². The quantitative estimate of drug-likeness (QED) is 0.788. The summed E-state index contributed by atoms with van der Waals surface area (Å²) in [6.07, 6.45) is 1.40. The monoisotopic (exact) mass is 270 g/mol. The highest BCUT2D eigenvalue weighted by Crippen LogP contribution is 2.14. The zero-order chi connectivity index (χ0) is 14.4. The van der Waals surface area contributed by atoms with Crippen LogP contribution < -0.4 is 5.32 Å². The second-order valence-electron chi connectivity index (χ2n) is 5.43. The van der Waals surface area contributed by atoms with Gasteiger partial charge in [-0.15, -0.1) is 0 Å². The lowest BCUT2D eigenvalue weighted by atomic mass is 9.98. The zero-order valence-corrected chi connectivity index (χ0v) is 12.4. The molecule has 1 fully saturated rings. The zero-order valence-electron chi connectivity index (χ0n) is 12.4. The van der Waals surface area contributed by atoms with Gasteiger partial charge in [0.15, 0.2) is 0 Å². The summed E-state index contributed by atoms with van der Waals surface area (Å²) in [7, 11) is 0. The lowest BCUT2D eigenvalue weighted by molar-refractivity contribution is -0.135. The first-order valence-corrected chi connectivity index (χ1v) is 7.15. The Morgan fingerprint density at radius 2 is 2.05 bits per heavy atom. The Morgan fingerprint density at radius 3 is 2.63 bits per heavy atom. The fraction of sp³-hybridized carbons (Fsp3) is 0.857. The molecule has 19 heavy (non-hydrogen) atoms. The SMILES string of the molecule is CCC(C)C1NC(=O)CCN(CCOC(C)C)C1=O. The summed E-state index contributed by atoms with van der Waals surface area (Å²) < 4.78 is 5.48. The van der Waals surface area contributed by atoms with Crippen molar-refractivity contribution >= 4 is 11.8 Å². The lowest BCUT2D eigenvalue weighted by Crippen LogP contribution is -2.49. The largest absolute Gasteiger partial charge is 0.377 e. The molecule has 1 rings (SSSR count). The Kier molecular flexibility index (Phi) is 6.28. The number of ether oxygens (including phenoxy) is 1. The molecule has 1 saturated heterocycles. The van der Waals surface area contributed by atoms with Gasteiger partial charge in [0.25, 0.3) is 0 Å². The minimum absolute atomic E-state index is 0.0209. The van der Waals surface area contributed by atoms with Gasteiger partial charge >= 0.3 is 0 Å². The number of nitrogens with one attached hydrogen (secondary N) is 1. The van der Waals surface area contributed by atoms with Gasteiger partial charge in [-0.05, 0) is 19.8 Å². The maximum absolute atomic E-state index is 12.4. The molecule has 0 spiro atoms. The summed E-state index contributed by atoms with van der Waals surface area (Å²) in [5.74, 6) is 0.140. The van der Waals surface area contributed by atoms with Crippen molar-refractivity contribution < 1.29 is 14.3 Å². The third kappa shape index (κ3) is 4.82. The van der Waals surface area contributed by atoms with E-state index in [-0.39, 0.29) is 29.9 Å². The van der Waals surface area contributed by atoms with Crippen LogP contribution in [0.25, 0.3) is 0 Å². The van der Waals surface area contributed by atoms with Crippen LogP contribution in [0.2, 0.25) is 0 Å². The normalized spacial score (nSPS) is 22.4. The van der Waals surface area contributed by atoms with E-state index >= 15 is 0 Å². The Labute approximate surface area is 115 Å².